The van der Waals surface area contributed by atoms with E-state index in [1.807, 2.05) is 6.92 Å². The smallest absolute Gasteiger partial charge is 0.195 e. The molecule has 2 heteroatoms. The molecule has 0 aliphatic rings. The Morgan fingerprint density at radius 1 is 1.22 bits per heavy atom. The first-order valence-electron chi connectivity index (χ1n) is 3.61. The summed E-state index contributed by atoms with van der Waals surface area (Å²) in [6.45, 7) is 12.9. The minimum Gasteiger partial charge on any atom is -0.417 e. The van der Waals surface area contributed by atoms with E-state index in [0.717, 1.165) is 18.7 Å². The van der Waals surface area contributed by atoms with Crippen LogP contribution in [0.1, 0.15) is 20.8 Å². The highest BCUT2D eigenvalue weighted by molar-refractivity contribution is 6.75. The molecule has 0 saturated carbocycles. The van der Waals surface area contributed by atoms with Crippen molar-refractivity contribution in [2.75, 3.05) is 6.61 Å². The van der Waals surface area contributed by atoms with Crippen LogP contribution >= 0.6 is 0 Å². The van der Waals surface area contributed by atoms with E-state index in [1.165, 1.54) is 0 Å². The first-order valence-corrected chi connectivity index (χ1v) is 6.01. The van der Waals surface area contributed by atoms with Gasteiger partial charge in [0.15, 0.2) is 8.32 Å². The van der Waals surface area contributed by atoms with Gasteiger partial charge in [-0.25, -0.2) is 0 Å². The van der Waals surface area contributed by atoms with Crippen LogP contribution in [0.3, 0.4) is 0 Å². The Kier molecular flexibility index (Phi) is 4.15. The number of hydrogen-bond acceptors (Lipinski definition) is 1. The molecule has 2 radical (unpaired) electrons. The third kappa shape index (κ3) is 3.01. The molecular formula is C7H16OSi. The molecule has 0 aromatic carbocycles. The van der Waals surface area contributed by atoms with E-state index in [2.05, 4.69) is 13.8 Å². The Bertz CT molecular complexity index is 69.3. The van der Waals surface area contributed by atoms with Gasteiger partial charge in [0, 0.05) is 6.61 Å². The van der Waals surface area contributed by atoms with E-state index in [4.69, 9.17) is 11.0 Å². The minimum absolute atomic E-state index is 0.768. The Hall–Kier alpha value is 0.177. The molecule has 0 rings (SSSR count). The van der Waals surface area contributed by atoms with Crippen molar-refractivity contribution in [3.05, 3.63) is 6.55 Å². The second-order valence-electron chi connectivity index (χ2n) is 2.20. The fraction of sp³-hybridized carbons (Fsp3) is 0.857. The molecule has 54 valence electrons. The molecule has 0 amide bonds. The molecule has 1 nitrogen and oxygen atoms in total. The van der Waals surface area contributed by atoms with Crippen LogP contribution in [-0.2, 0) is 4.43 Å². The quantitative estimate of drug-likeness (QED) is 0.550. The Morgan fingerprint density at radius 2 is 1.67 bits per heavy atom. The predicted octanol–water partition coefficient (Wildman–Crippen LogP) is 2.26. The molecule has 0 aromatic rings. The van der Waals surface area contributed by atoms with Crippen molar-refractivity contribution in [2.45, 2.75) is 32.9 Å². The Morgan fingerprint density at radius 3 is 1.78 bits per heavy atom. The van der Waals surface area contributed by atoms with Gasteiger partial charge in [-0.05, 0) is 25.6 Å². The average Bonchev–Trinajstić information content (AvgIpc) is 1.89. The van der Waals surface area contributed by atoms with Gasteiger partial charge >= 0.3 is 0 Å². The van der Waals surface area contributed by atoms with Crippen molar-refractivity contribution in [1.82, 2.24) is 0 Å². The van der Waals surface area contributed by atoms with Crippen molar-refractivity contribution in [3.63, 3.8) is 0 Å². The zero-order chi connectivity index (χ0) is 7.33. The zero-order valence-electron chi connectivity index (χ0n) is 6.61. The summed E-state index contributed by atoms with van der Waals surface area (Å²) in [5.41, 5.74) is 0. The average molecular weight is 144 g/mol. The molecular weight excluding hydrogens is 128 g/mol. The van der Waals surface area contributed by atoms with Gasteiger partial charge in [0.1, 0.15) is 0 Å². The van der Waals surface area contributed by atoms with Gasteiger partial charge in [-0.1, -0.05) is 13.8 Å². The first kappa shape index (κ1) is 9.18. The molecule has 0 aliphatic heterocycles. The molecule has 0 aromatic heterocycles. The summed E-state index contributed by atoms with van der Waals surface area (Å²) in [5, 5.41) is 0. The maximum Gasteiger partial charge on any atom is 0.195 e. The summed E-state index contributed by atoms with van der Waals surface area (Å²) in [4.78, 5) is 0. The van der Waals surface area contributed by atoms with E-state index in [-0.39, 0.29) is 0 Å². The second-order valence-corrected chi connectivity index (χ2v) is 6.04. The first-order chi connectivity index (χ1) is 4.18. The third-order valence-electron chi connectivity index (χ3n) is 1.63. The summed E-state index contributed by atoms with van der Waals surface area (Å²) >= 11 is 0. The van der Waals surface area contributed by atoms with Gasteiger partial charge in [-0.15, -0.1) is 0 Å². The highest BCUT2D eigenvalue weighted by Crippen LogP contribution is 2.13. The number of hydrogen-bond donors (Lipinski definition) is 0. The van der Waals surface area contributed by atoms with Gasteiger partial charge in [-0.3, -0.25) is 0 Å². The molecule has 0 atom stereocenters. The van der Waals surface area contributed by atoms with Crippen LogP contribution in [0, 0.1) is 6.55 Å². The van der Waals surface area contributed by atoms with Crippen LogP contribution in [0.15, 0.2) is 0 Å². The van der Waals surface area contributed by atoms with Gasteiger partial charge < -0.3 is 4.43 Å². The number of rotatable bonds is 4. The zero-order valence-corrected chi connectivity index (χ0v) is 7.61. The molecule has 0 heterocycles. The summed E-state index contributed by atoms with van der Waals surface area (Å²) in [6.07, 6.45) is 0. The van der Waals surface area contributed by atoms with Crippen LogP contribution in [0.25, 0.3) is 0 Å². The van der Waals surface area contributed by atoms with Crippen LogP contribution in [0.4, 0.5) is 0 Å². The fourth-order valence-corrected chi connectivity index (χ4v) is 2.22. The van der Waals surface area contributed by atoms with Crippen LogP contribution in [0.5, 0.6) is 0 Å². The van der Waals surface area contributed by atoms with Crippen molar-refractivity contribution in [3.8, 4) is 0 Å². The van der Waals surface area contributed by atoms with Gasteiger partial charge in [0.2, 0.25) is 0 Å². The van der Waals surface area contributed by atoms with Gasteiger partial charge in [0.25, 0.3) is 0 Å². The van der Waals surface area contributed by atoms with E-state index in [1.54, 1.807) is 0 Å². The molecule has 0 aliphatic carbocycles. The molecule has 9 heavy (non-hydrogen) atoms. The SMILES string of the molecule is [CH][Si](CC)(CC)OCC. The lowest BCUT2D eigenvalue weighted by Gasteiger charge is -2.22. The lowest BCUT2D eigenvalue weighted by molar-refractivity contribution is 0.329. The lowest BCUT2D eigenvalue weighted by atomic mass is 10.9. The molecule has 0 fully saturated rings. The van der Waals surface area contributed by atoms with Crippen molar-refractivity contribution in [2.24, 2.45) is 0 Å². The Labute approximate surface area is 59.5 Å². The largest absolute Gasteiger partial charge is 0.417 e. The van der Waals surface area contributed by atoms with Crippen LogP contribution in [0.2, 0.25) is 12.1 Å². The third-order valence-corrected chi connectivity index (χ3v) is 4.89. The van der Waals surface area contributed by atoms with Crippen molar-refractivity contribution in [1.29, 1.82) is 0 Å². The highest BCUT2D eigenvalue weighted by Gasteiger charge is 2.23. The van der Waals surface area contributed by atoms with Gasteiger partial charge in [-0.2, -0.15) is 0 Å². The Balaban J connectivity index is 3.62. The maximum absolute atomic E-state index is 5.92. The summed E-state index contributed by atoms with van der Waals surface area (Å²) in [5.74, 6) is 0. The fourth-order valence-electron chi connectivity index (χ4n) is 0.742. The van der Waals surface area contributed by atoms with Crippen LogP contribution in [-0.4, -0.2) is 14.9 Å². The van der Waals surface area contributed by atoms with E-state index < -0.39 is 8.32 Å². The monoisotopic (exact) mass is 144 g/mol. The molecule has 0 saturated heterocycles. The van der Waals surface area contributed by atoms with Gasteiger partial charge in [0.05, 0.1) is 0 Å². The molecule has 0 N–H and O–H groups in total. The topological polar surface area (TPSA) is 9.23 Å². The summed E-state index contributed by atoms with van der Waals surface area (Å²) < 4.78 is 5.44. The molecule has 0 unspecified atom stereocenters. The van der Waals surface area contributed by atoms with Crippen molar-refractivity contribution >= 4 is 8.32 Å². The van der Waals surface area contributed by atoms with E-state index >= 15 is 0 Å². The molecule has 0 spiro atoms. The second kappa shape index (κ2) is 4.07. The summed E-state index contributed by atoms with van der Waals surface area (Å²) in [6, 6.07) is 2.05. The van der Waals surface area contributed by atoms with Crippen molar-refractivity contribution < 1.29 is 4.43 Å². The van der Waals surface area contributed by atoms with E-state index in [0.29, 0.717) is 0 Å². The normalized spacial score (nSPS) is 12.0. The van der Waals surface area contributed by atoms with E-state index in [9.17, 15) is 0 Å². The minimum atomic E-state index is -1.70. The molecule has 0 bridgehead atoms. The predicted molar refractivity (Wildman–Crippen MR) is 42.6 cm³/mol. The highest BCUT2D eigenvalue weighted by atomic mass is 28.4. The summed E-state index contributed by atoms with van der Waals surface area (Å²) in [7, 11) is -1.70. The van der Waals surface area contributed by atoms with Crippen LogP contribution < -0.4 is 0 Å². The maximum atomic E-state index is 5.92. The standard InChI is InChI=1S/C7H16OSi/c1-5-8-9(4,6-2)7-3/h4H,5-7H2,1-3H3. The lowest BCUT2D eigenvalue weighted by Crippen LogP contribution is -2.33.